The first-order valence-electron chi connectivity index (χ1n) is 9.18. The Morgan fingerprint density at radius 1 is 1.25 bits per heavy atom. The lowest BCUT2D eigenvalue weighted by Gasteiger charge is -2.21. The number of hydrogen-bond donors (Lipinski definition) is 2. The lowest BCUT2D eigenvalue weighted by atomic mass is 10.0. The van der Waals surface area contributed by atoms with Crippen LogP contribution in [0, 0.1) is 19.7 Å². The van der Waals surface area contributed by atoms with Crippen LogP contribution in [0.3, 0.4) is 0 Å². The highest BCUT2D eigenvalue weighted by Crippen LogP contribution is 2.47. The van der Waals surface area contributed by atoms with E-state index in [4.69, 9.17) is 0 Å². The Morgan fingerprint density at radius 3 is 2.50 bits per heavy atom. The van der Waals surface area contributed by atoms with E-state index in [0.29, 0.717) is 29.7 Å². The van der Waals surface area contributed by atoms with Gasteiger partial charge in [-0.15, -0.1) is 0 Å². The standard InChI is InChI=1S/C20H25FN2O4S/c1-13-4-5-15(16(21)10-13)12-18-17(11-14(2)19(25)23(18)3)22-28(26,27)20(6-7-20)8-9-24/h4-5,10-11,22,24H,6-9,12H2,1-3H3. The minimum Gasteiger partial charge on any atom is -0.396 e. The summed E-state index contributed by atoms with van der Waals surface area (Å²) >= 11 is 0. The second-order valence-electron chi connectivity index (χ2n) is 7.59. The number of rotatable bonds is 7. The molecular weight excluding hydrogens is 383 g/mol. The third-order valence-electron chi connectivity index (χ3n) is 5.47. The molecule has 1 heterocycles. The average molecular weight is 408 g/mol. The van der Waals surface area contributed by atoms with Gasteiger partial charge in [0.05, 0.1) is 10.4 Å². The molecule has 2 aromatic rings. The first-order valence-corrected chi connectivity index (χ1v) is 10.7. The maximum absolute atomic E-state index is 14.4. The van der Waals surface area contributed by atoms with Crippen molar-refractivity contribution in [2.45, 2.75) is 44.3 Å². The molecule has 0 aliphatic heterocycles. The van der Waals surface area contributed by atoms with Gasteiger partial charge in [-0.2, -0.15) is 0 Å². The van der Waals surface area contributed by atoms with Crippen LogP contribution in [0.2, 0.25) is 0 Å². The summed E-state index contributed by atoms with van der Waals surface area (Å²) in [5.41, 5.74) is 1.94. The summed E-state index contributed by atoms with van der Waals surface area (Å²) in [5, 5.41) is 9.22. The van der Waals surface area contributed by atoms with Crippen molar-refractivity contribution in [1.82, 2.24) is 4.57 Å². The number of aliphatic hydroxyl groups excluding tert-OH is 1. The molecule has 1 aliphatic rings. The Balaban J connectivity index is 2.05. The molecule has 1 fully saturated rings. The van der Waals surface area contributed by atoms with Crippen molar-refractivity contribution in [2.75, 3.05) is 11.3 Å². The molecule has 2 N–H and O–H groups in total. The van der Waals surface area contributed by atoms with E-state index >= 15 is 0 Å². The monoisotopic (exact) mass is 408 g/mol. The molecule has 6 nitrogen and oxygen atoms in total. The van der Waals surface area contributed by atoms with E-state index in [2.05, 4.69) is 4.72 Å². The molecule has 1 aromatic heterocycles. The van der Waals surface area contributed by atoms with E-state index in [9.17, 15) is 22.7 Å². The number of aromatic nitrogens is 1. The van der Waals surface area contributed by atoms with Crippen LogP contribution in [-0.2, 0) is 23.5 Å². The summed E-state index contributed by atoms with van der Waals surface area (Å²) in [4.78, 5) is 12.4. The predicted octanol–water partition coefficient (Wildman–Crippen LogP) is 2.39. The van der Waals surface area contributed by atoms with Crippen LogP contribution in [0.5, 0.6) is 0 Å². The Morgan fingerprint density at radius 2 is 1.93 bits per heavy atom. The molecule has 1 aliphatic carbocycles. The van der Waals surface area contributed by atoms with Crippen LogP contribution >= 0.6 is 0 Å². The molecule has 1 saturated carbocycles. The van der Waals surface area contributed by atoms with Crippen molar-refractivity contribution in [3.63, 3.8) is 0 Å². The molecule has 0 bridgehead atoms. The molecular formula is C20H25FN2O4S. The summed E-state index contributed by atoms with van der Waals surface area (Å²) in [6, 6.07) is 6.32. The fraction of sp³-hybridized carbons (Fsp3) is 0.450. The number of halogens is 1. The third-order valence-corrected chi connectivity index (χ3v) is 7.72. The topological polar surface area (TPSA) is 88.4 Å². The van der Waals surface area contributed by atoms with E-state index in [1.807, 2.05) is 0 Å². The first-order chi connectivity index (χ1) is 13.1. The van der Waals surface area contributed by atoms with Crippen molar-refractivity contribution in [1.29, 1.82) is 0 Å². The van der Waals surface area contributed by atoms with Gasteiger partial charge in [0.25, 0.3) is 5.56 Å². The van der Waals surface area contributed by atoms with Gasteiger partial charge in [-0.1, -0.05) is 12.1 Å². The van der Waals surface area contributed by atoms with Crippen molar-refractivity contribution >= 4 is 15.7 Å². The lowest BCUT2D eigenvalue weighted by molar-refractivity contribution is 0.283. The molecule has 0 radical (unpaired) electrons. The minimum absolute atomic E-state index is 0.0724. The van der Waals surface area contributed by atoms with E-state index < -0.39 is 20.6 Å². The zero-order chi connectivity index (χ0) is 20.7. The fourth-order valence-corrected chi connectivity index (χ4v) is 5.14. The molecule has 0 saturated heterocycles. The number of benzene rings is 1. The maximum atomic E-state index is 14.4. The highest BCUT2D eigenvalue weighted by molar-refractivity contribution is 7.94. The summed E-state index contributed by atoms with van der Waals surface area (Å²) < 4.78 is 43.2. The number of anilines is 1. The number of nitrogens with one attached hydrogen (secondary N) is 1. The third kappa shape index (κ3) is 3.71. The van der Waals surface area contributed by atoms with Gasteiger partial charge in [-0.25, -0.2) is 12.8 Å². The molecule has 8 heteroatoms. The Bertz CT molecular complexity index is 1070. The van der Waals surface area contributed by atoms with Gasteiger partial charge >= 0.3 is 0 Å². The van der Waals surface area contributed by atoms with Gasteiger partial charge in [-0.05, 0) is 56.4 Å². The zero-order valence-corrected chi connectivity index (χ0v) is 17.1. The van der Waals surface area contributed by atoms with Gasteiger partial charge < -0.3 is 9.67 Å². The van der Waals surface area contributed by atoms with Crippen LogP contribution in [0.4, 0.5) is 10.1 Å². The quantitative estimate of drug-likeness (QED) is 0.736. The Kier molecular flexibility index (Phi) is 5.38. The highest BCUT2D eigenvalue weighted by atomic mass is 32.2. The van der Waals surface area contributed by atoms with Crippen LogP contribution in [0.15, 0.2) is 29.1 Å². The van der Waals surface area contributed by atoms with Crippen LogP contribution in [-0.4, -0.2) is 29.4 Å². The maximum Gasteiger partial charge on any atom is 0.253 e. The minimum atomic E-state index is -3.76. The lowest BCUT2D eigenvalue weighted by Crippen LogP contribution is -2.33. The zero-order valence-electron chi connectivity index (χ0n) is 16.3. The normalized spacial score (nSPS) is 15.5. The van der Waals surface area contributed by atoms with Crippen LogP contribution < -0.4 is 10.3 Å². The average Bonchev–Trinajstić information content (AvgIpc) is 3.40. The van der Waals surface area contributed by atoms with Crippen LogP contribution in [0.25, 0.3) is 0 Å². The smallest absolute Gasteiger partial charge is 0.253 e. The predicted molar refractivity (Wildman–Crippen MR) is 107 cm³/mol. The van der Waals surface area contributed by atoms with E-state index in [-0.39, 0.29) is 30.7 Å². The summed E-state index contributed by atoms with van der Waals surface area (Å²) in [6.45, 7) is 3.18. The summed E-state index contributed by atoms with van der Waals surface area (Å²) in [7, 11) is -2.21. The molecule has 152 valence electrons. The molecule has 0 amide bonds. The second kappa shape index (κ2) is 7.33. The Hall–Kier alpha value is -2.19. The Labute approximate surface area is 164 Å². The highest BCUT2D eigenvalue weighted by Gasteiger charge is 2.54. The number of aryl methyl sites for hydroxylation is 2. The van der Waals surface area contributed by atoms with Crippen molar-refractivity contribution in [2.24, 2.45) is 7.05 Å². The summed E-state index contributed by atoms with van der Waals surface area (Å²) in [5.74, 6) is -0.402. The molecule has 3 rings (SSSR count). The second-order valence-corrected chi connectivity index (χ2v) is 9.66. The van der Waals surface area contributed by atoms with Gasteiger partial charge in [0.15, 0.2) is 0 Å². The largest absolute Gasteiger partial charge is 0.396 e. The molecule has 1 aromatic carbocycles. The van der Waals surface area contributed by atoms with E-state index in [1.165, 1.54) is 16.7 Å². The molecule has 28 heavy (non-hydrogen) atoms. The molecule has 0 spiro atoms. The fourth-order valence-electron chi connectivity index (χ4n) is 3.46. The van der Waals surface area contributed by atoms with Gasteiger partial charge in [0, 0.05) is 31.3 Å². The van der Waals surface area contributed by atoms with E-state index in [0.717, 1.165) is 5.56 Å². The molecule has 0 atom stereocenters. The number of nitrogens with zero attached hydrogens (tertiary/aromatic N) is 1. The SMILES string of the molecule is Cc1ccc(Cc2c(NS(=O)(=O)C3(CCO)CC3)cc(C)c(=O)n2C)c(F)c1. The molecule has 0 unspecified atom stereocenters. The van der Waals surface area contributed by atoms with Crippen LogP contribution in [0.1, 0.15) is 41.6 Å². The van der Waals surface area contributed by atoms with Gasteiger partial charge in [0.2, 0.25) is 10.0 Å². The first kappa shape index (κ1) is 20.5. The number of pyridine rings is 1. The number of aliphatic hydroxyl groups is 1. The number of hydrogen-bond acceptors (Lipinski definition) is 4. The number of sulfonamides is 1. The summed E-state index contributed by atoms with van der Waals surface area (Å²) in [6.07, 6.45) is 1.20. The van der Waals surface area contributed by atoms with Crippen molar-refractivity contribution in [3.05, 3.63) is 62.8 Å². The van der Waals surface area contributed by atoms with Crippen molar-refractivity contribution in [3.8, 4) is 0 Å². The van der Waals surface area contributed by atoms with Gasteiger partial charge in [-0.3, -0.25) is 9.52 Å². The van der Waals surface area contributed by atoms with Gasteiger partial charge in [0.1, 0.15) is 5.82 Å². The van der Waals surface area contributed by atoms with E-state index in [1.54, 1.807) is 33.0 Å². The van der Waals surface area contributed by atoms with Crippen molar-refractivity contribution < 1.29 is 17.9 Å².